The van der Waals surface area contributed by atoms with Gasteiger partial charge in [-0.1, -0.05) is 13.8 Å². The minimum absolute atomic E-state index is 0.107. The van der Waals surface area contributed by atoms with E-state index < -0.39 is 29.2 Å². The molecule has 8 heteroatoms. The Bertz CT molecular complexity index is 573. The zero-order chi connectivity index (χ0) is 15.3. The molecule has 1 heterocycles. The zero-order valence-corrected chi connectivity index (χ0v) is 11.2. The Balaban J connectivity index is 2.72. The van der Waals surface area contributed by atoms with Crippen molar-refractivity contribution in [2.24, 2.45) is 5.92 Å². The van der Waals surface area contributed by atoms with Gasteiger partial charge in [-0.05, 0) is 12.3 Å². The molecule has 110 valence electrons. The Morgan fingerprint density at radius 1 is 1.30 bits per heavy atom. The Morgan fingerprint density at radius 2 is 1.95 bits per heavy atom. The first-order valence-electron chi connectivity index (χ1n) is 6.12. The van der Waals surface area contributed by atoms with Crippen LogP contribution in [-0.4, -0.2) is 33.0 Å². The van der Waals surface area contributed by atoms with E-state index in [0.717, 1.165) is 6.07 Å². The number of carbonyl (C=O) groups excluding carboxylic acids is 1. The monoisotopic (exact) mass is 283 g/mol. The maximum atomic E-state index is 11.7. The van der Waals surface area contributed by atoms with E-state index >= 15 is 0 Å². The number of aromatic amines is 2. The van der Waals surface area contributed by atoms with Gasteiger partial charge in [0, 0.05) is 11.8 Å². The molecule has 0 spiro atoms. The average molecular weight is 283 g/mol. The van der Waals surface area contributed by atoms with Crippen molar-refractivity contribution in [3.63, 3.8) is 0 Å². The van der Waals surface area contributed by atoms with Crippen LogP contribution in [0.3, 0.4) is 0 Å². The van der Waals surface area contributed by atoms with Crippen LogP contribution in [0.5, 0.6) is 0 Å². The van der Waals surface area contributed by atoms with Gasteiger partial charge in [-0.3, -0.25) is 14.6 Å². The maximum absolute atomic E-state index is 11.7. The van der Waals surface area contributed by atoms with Gasteiger partial charge >= 0.3 is 11.7 Å². The predicted octanol–water partition coefficient (Wildman–Crippen LogP) is -0.779. The number of carboxylic acid groups (broad SMARTS) is 1. The van der Waals surface area contributed by atoms with Gasteiger partial charge in [0.15, 0.2) is 0 Å². The highest BCUT2D eigenvalue weighted by molar-refractivity contribution is 5.84. The largest absolute Gasteiger partial charge is 0.480 e. The van der Waals surface area contributed by atoms with Gasteiger partial charge in [-0.25, -0.2) is 9.59 Å². The molecule has 0 aliphatic rings. The van der Waals surface area contributed by atoms with Crippen molar-refractivity contribution in [3.05, 3.63) is 32.6 Å². The normalized spacial score (nSPS) is 12.2. The number of carbonyl (C=O) groups is 2. The molecule has 0 fully saturated rings. The molecule has 0 aliphatic heterocycles. The van der Waals surface area contributed by atoms with E-state index in [9.17, 15) is 19.2 Å². The lowest BCUT2D eigenvalue weighted by Crippen LogP contribution is -2.42. The molecule has 0 radical (unpaired) electrons. The van der Waals surface area contributed by atoms with E-state index in [1.54, 1.807) is 0 Å². The van der Waals surface area contributed by atoms with Gasteiger partial charge in [0.1, 0.15) is 6.04 Å². The molecule has 1 aromatic rings. The third-order valence-electron chi connectivity index (χ3n) is 2.51. The fourth-order valence-electron chi connectivity index (χ4n) is 1.73. The van der Waals surface area contributed by atoms with Gasteiger partial charge in [0.05, 0.1) is 6.42 Å². The molecule has 1 unspecified atom stereocenters. The SMILES string of the molecule is CC(C)CC(NC(=O)Cc1cc(=O)[nH]c(=O)[nH]1)C(=O)O. The number of hydrogen-bond acceptors (Lipinski definition) is 4. The molecule has 4 N–H and O–H groups in total. The van der Waals surface area contributed by atoms with Crippen LogP contribution in [0.2, 0.25) is 0 Å². The van der Waals surface area contributed by atoms with Crippen LogP contribution < -0.4 is 16.6 Å². The third kappa shape index (κ3) is 5.09. The molecule has 1 rings (SSSR count). The van der Waals surface area contributed by atoms with E-state index in [2.05, 4.69) is 10.3 Å². The number of carboxylic acids is 1. The first-order chi connectivity index (χ1) is 9.27. The summed E-state index contributed by atoms with van der Waals surface area (Å²) < 4.78 is 0. The Kier molecular flexibility index (Phi) is 5.24. The summed E-state index contributed by atoms with van der Waals surface area (Å²) >= 11 is 0. The van der Waals surface area contributed by atoms with Crippen molar-refractivity contribution in [2.45, 2.75) is 32.7 Å². The second kappa shape index (κ2) is 6.69. The predicted molar refractivity (Wildman–Crippen MR) is 70.4 cm³/mol. The maximum Gasteiger partial charge on any atom is 0.326 e. The quantitative estimate of drug-likeness (QED) is 0.543. The zero-order valence-electron chi connectivity index (χ0n) is 11.2. The molecule has 1 aromatic heterocycles. The van der Waals surface area contributed by atoms with E-state index in [1.165, 1.54) is 0 Å². The van der Waals surface area contributed by atoms with Crippen molar-refractivity contribution >= 4 is 11.9 Å². The number of H-pyrrole nitrogens is 2. The lowest BCUT2D eigenvalue weighted by molar-refractivity contribution is -0.142. The summed E-state index contributed by atoms with van der Waals surface area (Å²) in [6.07, 6.45) is 0.0357. The first kappa shape index (κ1) is 15.7. The van der Waals surface area contributed by atoms with E-state index in [1.807, 2.05) is 18.8 Å². The van der Waals surface area contributed by atoms with Crippen LogP contribution in [0.25, 0.3) is 0 Å². The highest BCUT2D eigenvalue weighted by Gasteiger charge is 2.21. The lowest BCUT2D eigenvalue weighted by atomic mass is 10.0. The number of amides is 1. The van der Waals surface area contributed by atoms with Crippen LogP contribution in [0.4, 0.5) is 0 Å². The smallest absolute Gasteiger partial charge is 0.326 e. The highest BCUT2D eigenvalue weighted by Crippen LogP contribution is 2.05. The summed E-state index contributed by atoms with van der Waals surface area (Å²) in [6.45, 7) is 3.69. The van der Waals surface area contributed by atoms with Crippen molar-refractivity contribution in [1.82, 2.24) is 15.3 Å². The van der Waals surface area contributed by atoms with E-state index in [-0.39, 0.29) is 18.0 Å². The minimum Gasteiger partial charge on any atom is -0.480 e. The summed E-state index contributed by atoms with van der Waals surface area (Å²) in [5, 5.41) is 11.4. The van der Waals surface area contributed by atoms with Crippen LogP contribution in [0.15, 0.2) is 15.7 Å². The molecule has 0 aromatic carbocycles. The van der Waals surface area contributed by atoms with Crippen LogP contribution in [0, 0.1) is 5.92 Å². The number of hydrogen-bond donors (Lipinski definition) is 4. The lowest BCUT2D eigenvalue weighted by Gasteiger charge is -2.16. The van der Waals surface area contributed by atoms with Crippen LogP contribution in [0.1, 0.15) is 26.0 Å². The summed E-state index contributed by atoms with van der Waals surface area (Å²) in [6, 6.07) is 0.0929. The number of nitrogens with one attached hydrogen (secondary N) is 3. The molecule has 20 heavy (non-hydrogen) atoms. The van der Waals surface area contributed by atoms with Gasteiger partial charge in [-0.15, -0.1) is 0 Å². The third-order valence-corrected chi connectivity index (χ3v) is 2.51. The summed E-state index contributed by atoms with van der Waals surface area (Å²) in [7, 11) is 0. The second-order valence-electron chi connectivity index (χ2n) is 4.88. The minimum atomic E-state index is -1.12. The van der Waals surface area contributed by atoms with Crippen LogP contribution >= 0.6 is 0 Å². The highest BCUT2D eigenvalue weighted by atomic mass is 16.4. The Labute approximate surface area is 114 Å². The molecule has 1 amide bonds. The van der Waals surface area contributed by atoms with E-state index in [4.69, 9.17) is 5.11 Å². The number of rotatable bonds is 6. The first-order valence-corrected chi connectivity index (χ1v) is 6.12. The topological polar surface area (TPSA) is 132 Å². The van der Waals surface area contributed by atoms with Gasteiger partial charge in [-0.2, -0.15) is 0 Å². The standard InChI is InChI=1S/C12H17N3O5/c1-6(2)3-8(11(18)19)14-9(16)4-7-5-10(17)15-12(20)13-7/h5-6,8H,3-4H2,1-2H3,(H,14,16)(H,18,19)(H2,13,15,17,20). The summed E-state index contributed by atoms with van der Waals surface area (Å²) in [5.41, 5.74) is -1.20. The van der Waals surface area contributed by atoms with Crippen LogP contribution in [-0.2, 0) is 16.0 Å². The molecule has 0 saturated heterocycles. The van der Waals surface area contributed by atoms with Crippen molar-refractivity contribution in [3.8, 4) is 0 Å². The van der Waals surface area contributed by atoms with Crippen molar-refractivity contribution in [1.29, 1.82) is 0 Å². The second-order valence-corrected chi connectivity index (χ2v) is 4.88. The molecule has 0 bridgehead atoms. The fourth-order valence-corrected chi connectivity index (χ4v) is 1.73. The van der Waals surface area contributed by atoms with Crippen molar-refractivity contribution < 1.29 is 14.7 Å². The Morgan fingerprint density at radius 3 is 2.45 bits per heavy atom. The molecule has 1 atom stereocenters. The van der Waals surface area contributed by atoms with Gasteiger partial charge < -0.3 is 15.4 Å². The number of aliphatic carboxylic acids is 1. The fraction of sp³-hybridized carbons (Fsp3) is 0.500. The summed E-state index contributed by atoms with van der Waals surface area (Å²) in [4.78, 5) is 49.1. The molecule has 0 aliphatic carbocycles. The van der Waals surface area contributed by atoms with E-state index in [0.29, 0.717) is 6.42 Å². The Hall–Kier alpha value is -2.38. The molecular formula is C12H17N3O5. The summed E-state index contributed by atoms with van der Waals surface area (Å²) in [5.74, 6) is -1.58. The van der Waals surface area contributed by atoms with Crippen molar-refractivity contribution in [2.75, 3.05) is 0 Å². The number of aromatic nitrogens is 2. The molecule has 8 nitrogen and oxygen atoms in total. The average Bonchev–Trinajstić information content (AvgIpc) is 2.25. The molecule has 0 saturated carbocycles. The van der Waals surface area contributed by atoms with Gasteiger partial charge in [0.25, 0.3) is 5.56 Å². The van der Waals surface area contributed by atoms with Gasteiger partial charge in [0.2, 0.25) is 5.91 Å². The molecular weight excluding hydrogens is 266 g/mol.